The van der Waals surface area contributed by atoms with Crippen molar-refractivity contribution >= 4 is 26.8 Å². The van der Waals surface area contributed by atoms with E-state index in [1.54, 1.807) is 32.0 Å². The molecule has 15 N–H and O–H groups in total. The zero-order valence-electron chi connectivity index (χ0n) is 25.5. The Hall–Kier alpha value is -2.37. The summed E-state index contributed by atoms with van der Waals surface area (Å²) in [5.74, 6) is -1.02. The smallest absolute Gasteiger partial charge is 0.344 e. The number of hydrogen-bond donors (Lipinski definition) is 9. The lowest BCUT2D eigenvalue weighted by molar-refractivity contribution is 0.0697. The summed E-state index contributed by atoms with van der Waals surface area (Å²) in [5, 5.41) is 12.4. The van der Waals surface area contributed by atoms with Gasteiger partial charge in [-0.1, -0.05) is 58.7 Å². The first-order chi connectivity index (χ1) is 18.0. The van der Waals surface area contributed by atoms with Crippen LogP contribution >= 0.6 is 15.2 Å². The van der Waals surface area contributed by atoms with E-state index in [4.69, 9.17) is 0 Å². The Morgan fingerprint density at radius 3 is 1.64 bits per heavy atom. The molecule has 0 spiro atoms. The molecule has 0 bridgehead atoms. The van der Waals surface area contributed by atoms with Crippen molar-refractivity contribution in [1.82, 2.24) is 18.5 Å². The molecule has 0 aliphatic carbocycles. The Balaban J connectivity index is -0.00000507. The average molecular weight is 635 g/mol. The summed E-state index contributed by atoms with van der Waals surface area (Å²) < 4.78 is 24.9. The number of nitrogens with one attached hydrogen (secondary N) is 1. The molecule has 0 fully saturated rings. The van der Waals surface area contributed by atoms with Gasteiger partial charge >= 0.3 is 21.2 Å². The lowest BCUT2D eigenvalue weighted by atomic mass is 10.0. The van der Waals surface area contributed by atoms with E-state index < -0.39 is 38.9 Å². The molecule has 14 heteroatoms. The highest BCUT2D eigenvalue weighted by atomic mass is 31.2. The van der Waals surface area contributed by atoms with E-state index in [1.165, 1.54) is 18.2 Å². The van der Waals surface area contributed by atoms with Crippen LogP contribution in [0.4, 0.5) is 5.69 Å². The van der Waals surface area contributed by atoms with Crippen LogP contribution < -0.4 is 23.8 Å². The number of rotatable bonds is 16. The Kier molecular flexibility index (Phi) is 20.7. The monoisotopic (exact) mass is 634 g/mol. The van der Waals surface area contributed by atoms with Crippen molar-refractivity contribution in [2.24, 2.45) is 0 Å². The predicted octanol–water partition coefficient (Wildman–Crippen LogP) is 7.48. The second kappa shape index (κ2) is 19.7. The minimum Gasteiger partial charge on any atom is -0.478 e. The second-order valence-electron chi connectivity index (χ2n) is 10.2. The Labute approximate surface area is 250 Å². The standard InChI is InChI=1S/C28H43NO8P2.3H3N/c1-21(2)10-8-11-22(3)16-18-28(38(32,33)34,39(35,36)37)19-17-23(4)12-9-13-24(5)20-29-26-15-7-6-14-25(26)27(30)31;;;/h6-7,10,13-17,29H,8-9,11-12,18-20H2,1-5H3,(H,30,31)(H2,32,33,34)(H2,35,36,37);3*1H3/b22-16+,23-17+,24-13+;;;. The first-order valence-corrected chi connectivity index (χ1v) is 16.0. The van der Waals surface area contributed by atoms with Gasteiger partial charge < -0.3 is 48.4 Å². The maximum atomic E-state index is 12.5. The summed E-state index contributed by atoms with van der Waals surface area (Å²) in [6.07, 6.45) is 8.62. The van der Waals surface area contributed by atoms with Gasteiger partial charge in [0.15, 0.2) is 4.90 Å². The molecule has 0 aliphatic rings. The van der Waals surface area contributed by atoms with Crippen LogP contribution in [0.3, 0.4) is 0 Å². The molecule has 1 aromatic carbocycles. The average Bonchev–Trinajstić information content (AvgIpc) is 2.81. The molecule has 0 aliphatic heterocycles. The number of benzene rings is 1. The zero-order chi connectivity index (χ0) is 29.9. The molecule has 0 aromatic heterocycles. The van der Waals surface area contributed by atoms with E-state index in [-0.39, 0.29) is 24.0 Å². The fourth-order valence-electron chi connectivity index (χ4n) is 3.87. The van der Waals surface area contributed by atoms with Crippen LogP contribution in [0.25, 0.3) is 0 Å². The first kappa shape index (κ1) is 44.1. The molecule has 0 amide bonds. The van der Waals surface area contributed by atoms with Crippen LogP contribution in [0.5, 0.6) is 0 Å². The molecule has 0 unspecified atom stereocenters. The van der Waals surface area contributed by atoms with Crippen LogP contribution in [-0.4, -0.2) is 42.1 Å². The van der Waals surface area contributed by atoms with Crippen molar-refractivity contribution in [3.63, 3.8) is 0 Å². The number of carbonyl (C=O) groups is 1. The topological polar surface area (TPSA) is 269 Å². The van der Waals surface area contributed by atoms with Crippen molar-refractivity contribution in [3.05, 3.63) is 76.4 Å². The van der Waals surface area contributed by atoms with Gasteiger partial charge in [0.25, 0.3) is 0 Å². The van der Waals surface area contributed by atoms with Gasteiger partial charge in [-0.05, 0) is 85.3 Å². The molecule has 0 radical (unpaired) electrons. The van der Waals surface area contributed by atoms with Crippen molar-refractivity contribution in [1.29, 1.82) is 0 Å². The van der Waals surface area contributed by atoms with E-state index >= 15 is 0 Å². The molecule has 12 nitrogen and oxygen atoms in total. The van der Waals surface area contributed by atoms with Crippen molar-refractivity contribution < 1.29 is 38.6 Å². The van der Waals surface area contributed by atoms with Crippen LogP contribution in [-0.2, 0) is 9.13 Å². The maximum Gasteiger partial charge on any atom is 0.344 e. The van der Waals surface area contributed by atoms with Gasteiger partial charge in [-0.2, -0.15) is 0 Å². The highest BCUT2D eigenvalue weighted by molar-refractivity contribution is 7.72. The largest absolute Gasteiger partial charge is 0.478 e. The molecule has 0 atom stereocenters. The molecule has 0 saturated carbocycles. The number of aromatic carboxylic acids is 1. The normalized spacial score (nSPS) is 12.8. The highest BCUT2D eigenvalue weighted by Gasteiger charge is 2.58. The van der Waals surface area contributed by atoms with Crippen molar-refractivity contribution in [2.75, 3.05) is 11.9 Å². The molecular weight excluding hydrogens is 582 g/mol. The molecule has 1 aromatic rings. The van der Waals surface area contributed by atoms with Gasteiger partial charge in [0, 0.05) is 12.2 Å². The fourth-order valence-corrected chi connectivity index (χ4v) is 6.55. The van der Waals surface area contributed by atoms with E-state index in [9.17, 15) is 38.6 Å². The number of hydrogen-bond acceptors (Lipinski definition) is 7. The van der Waals surface area contributed by atoms with Gasteiger partial charge in [-0.15, -0.1) is 0 Å². The first-order valence-electron chi connectivity index (χ1n) is 12.8. The van der Waals surface area contributed by atoms with Gasteiger partial charge in [-0.25, -0.2) is 4.79 Å². The van der Waals surface area contributed by atoms with Crippen LogP contribution in [0.1, 0.15) is 83.5 Å². The Bertz CT molecular complexity index is 1190. The maximum absolute atomic E-state index is 12.5. The van der Waals surface area contributed by atoms with Crippen LogP contribution in [0.15, 0.2) is 70.9 Å². The number of allylic oxidation sites excluding steroid dienone is 7. The van der Waals surface area contributed by atoms with E-state index in [0.717, 1.165) is 28.7 Å². The van der Waals surface area contributed by atoms with E-state index in [2.05, 4.69) is 5.32 Å². The zero-order valence-corrected chi connectivity index (χ0v) is 27.3. The third-order valence-electron chi connectivity index (χ3n) is 6.48. The number of carboxylic acid groups (broad SMARTS) is 1. The van der Waals surface area contributed by atoms with Crippen LogP contribution in [0.2, 0.25) is 0 Å². The Morgan fingerprint density at radius 1 is 0.762 bits per heavy atom. The third-order valence-corrected chi connectivity index (χ3v) is 10.9. The SMILES string of the molecule is CC(C)=CCC/C(C)=C/CC(C/C=C(\C)CC/C=C(\C)CNc1ccccc1C(=O)O)(P(=O)(O)O)P(=O)(O)O.N.N.N. The quantitative estimate of drug-likeness (QED) is 0.0632. The van der Waals surface area contributed by atoms with E-state index in [0.29, 0.717) is 31.5 Å². The molecular formula is C28H52N4O8P2. The molecule has 0 heterocycles. The molecule has 42 heavy (non-hydrogen) atoms. The lowest BCUT2D eigenvalue weighted by Crippen LogP contribution is -2.28. The number of anilines is 1. The summed E-state index contributed by atoms with van der Waals surface area (Å²) in [4.78, 5) is 49.2. The minimum absolute atomic E-state index is 0. The van der Waals surface area contributed by atoms with Gasteiger partial charge in [-0.3, -0.25) is 9.13 Å². The number of carboxylic acids is 1. The summed E-state index contributed by atoms with van der Waals surface area (Å²) >= 11 is 0. The van der Waals surface area contributed by atoms with Crippen molar-refractivity contribution in [3.8, 4) is 0 Å². The summed E-state index contributed by atoms with van der Waals surface area (Å²) in [5.41, 5.74) is 4.37. The van der Waals surface area contributed by atoms with Gasteiger partial charge in [0.05, 0.1) is 5.56 Å². The molecule has 242 valence electrons. The lowest BCUT2D eigenvalue weighted by Gasteiger charge is -2.33. The number of para-hydroxylation sites is 1. The van der Waals surface area contributed by atoms with E-state index in [1.807, 2.05) is 32.9 Å². The molecule has 0 saturated heterocycles. The highest BCUT2D eigenvalue weighted by Crippen LogP contribution is 2.72. The summed E-state index contributed by atoms with van der Waals surface area (Å²) in [6, 6.07) is 6.62. The summed E-state index contributed by atoms with van der Waals surface area (Å²) in [6.45, 7) is 9.81. The molecule has 1 rings (SSSR count). The Morgan fingerprint density at radius 2 is 1.21 bits per heavy atom. The van der Waals surface area contributed by atoms with Gasteiger partial charge in [0.2, 0.25) is 0 Å². The van der Waals surface area contributed by atoms with Crippen molar-refractivity contribution in [2.45, 2.75) is 78.0 Å². The van der Waals surface area contributed by atoms with Gasteiger partial charge in [0.1, 0.15) is 0 Å². The summed E-state index contributed by atoms with van der Waals surface area (Å²) in [7, 11) is -10.4. The minimum atomic E-state index is -5.20. The predicted molar refractivity (Wildman–Crippen MR) is 172 cm³/mol. The third kappa shape index (κ3) is 14.2. The fraction of sp³-hybridized carbons (Fsp3) is 0.464. The second-order valence-corrected chi connectivity index (χ2v) is 14.4. The van der Waals surface area contributed by atoms with Crippen LogP contribution in [0, 0.1) is 0 Å².